The first kappa shape index (κ1) is 20.5. The topological polar surface area (TPSA) is 92.7 Å². The predicted octanol–water partition coefficient (Wildman–Crippen LogP) is 4.45. The Hall–Kier alpha value is -3.27. The van der Waals surface area contributed by atoms with Crippen molar-refractivity contribution in [3.05, 3.63) is 64.1 Å². The van der Waals surface area contributed by atoms with Gasteiger partial charge in [0.1, 0.15) is 11.5 Å². The average Bonchev–Trinajstić information content (AvgIpc) is 2.93. The number of halogens is 3. The number of benzene rings is 2. The summed E-state index contributed by atoms with van der Waals surface area (Å²) in [6.45, 7) is 0. The van der Waals surface area contributed by atoms with Crippen molar-refractivity contribution in [2.45, 2.75) is 12.6 Å². The molecule has 1 saturated heterocycles. The first-order valence-electron chi connectivity index (χ1n) is 8.06. The predicted molar refractivity (Wildman–Crippen MR) is 98.4 cm³/mol. The first-order chi connectivity index (χ1) is 13.6. The largest absolute Gasteiger partial charge is 0.481 e. The molecule has 0 saturated carbocycles. The molecular weight excluding hydrogens is 411 g/mol. The van der Waals surface area contributed by atoms with Gasteiger partial charge in [-0.25, -0.2) is 0 Å². The van der Waals surface area contributed by atoms with Crippen LogP contribution in [0.25, 0.3) is 6.08 Å². The second-order valence-electron chi connectivity index (χ2n) is 5.92. The van der Waals surface area contributed by atoms with Gasteiger partial charge in [-0.1, -0.05) is 18.2 Å². The van der Waals surface area contributed by atoms with Crippen molar-refractivity contribution in [2.75, 3.05) is 0 Å². The van der Waals surface area contributed by atoms with Crippen LogP contribution in [0.3, 0.4) is 0 Å². The van der Waals surface area contributed by atoms with Gasteiger partial charge in [-0.2, -0.15) is 13.2 Å². The lowest BCUT2D eigenvalue weighted by Crippen LogP contribution is -2.17. The summed E-state index contributed by atoms with van der Waals surface area (Å²) in [5.41, 5.74) is -0.505. The molecule has 0 atom stereocenters. The van der Waals surface area contributed by atoms with E-state index in [2.05, 4.69) is 0 Å². The molecule has 1 aliphatic heterocycles. The number of carbonyl (C=O) groups excluding carboxylic acids is 2. The molecule has 1 heterocycles. The summed E-state index contributed by atoms with van der Waals surface area (Å²) in [5, 5.41) is 10.2. The van der Waals surface area contributed by atoms with Crippen molar-refractivity contribution >= 4 is 35.0 Å². The Kier molecular flexibility index (Phi) is 5.64. The number of thioether (sulfide) groups is 1. The van der Waals surface area contributed by atoms with Gasteiger partial charge >= 0.3 is 12.1 Å². The highest BCUT2D eigenvalue weighted by Crippen LogP contribution is 2.39. The van der Waals surface area contributed by atoms with Gasteiger partial charge in [0.15, 0.2) is 0 Å². The first-order valence-corrected chi connectivity index (χ1v) is 8.88. The number of ether oxygens (including phenoxy) is 1. The lowest BCUT2D eigenvalue weighted by atomic mass is 10.1. The maximum atomic E-state index is 13.5. The summed E-state index contributed by atoms with van der Waals surface area (Å²) in [6.07, 6.45) is -3.76. The van der Waals surface area contributed by atoms with Crippen LogP contribution in [0.15, 0.2) is 47.4 Å². The molecule has 2 amide bonds. The third-order valence-corrected chi connectivity index (χ3v) is 4.57. The summed E-state index contributed by atoms with van der Waals surface area (Å²) in [6, 6.07) is 8.90. The van der Waals surface area contributed by atoms with Gasteiger partial charge in [-0.15, -0.1) is 0 Å². The summed E-state index contributed by atoms with van der Waals surface area (Å²) in [7, 11) is 0. The van der Waals surface area contributed by atoms with Crippen LogP contribution in [0.5, 0.6) is 11.5 Å². The zero-order valence-electron chi connectivity index (χ0n) is 14.4. The van der Waals surface area contributed by atoms with Crippen LogP contribution in [0.1, 0.15) is 16.7 Å². The molecule has 1 fully saturated rings. The van der Waals surface area contributed by atoms with Gasteiger partial charge in [0.25, 0.3) is 11.1 Å². The molecule has 3 rings (SSSR count). The minimum atomic E-state index is -4.73. The maximum absolute atomic E-state index is 13.5. The Balaban J connectivity index is 1.89. The van der Waals surface area contributed by atoms with Crippen LogP contribution in [0, 0.1) is 0 Å². The zero-order chi connectivity index (χ0) is 21.2. The smallest absolute Gasteiger partial charge is 0.420 e. The van der Waals surface area contributed by atoms with Crippen molar-refractivity contribution < 1.29 is 37.4 Å². The standard InChI is InChI=1S/C19H12F3NO5S/c20-19(21,22)13-7-11(8-15-17(26)23-18(27)29-15)3-6-14(13)28-12-4-1-10(2-5-12)9-16(24)25/h1-8H,9H2,(H,24,25)(H,23,26,27). The Morgan fingerprint density at radius 1 is 1.14 bits per heavy atom. The molecule has 2 aromatic rings. The molecule has 2 aromatic carbocycles. The van der Waals surface area contributed by atoms with Crippen molar-refractivity contribution in [1.29, 1.82) is 0 Å². The number of amides is 2. The Morgan fingerprint density at radius 3 is 2.38 bits per heavy atom. The van der Waals surface area contributed by atoms with Crippen molar-refractivity contribution in [3.63, 3.8) is 0 Å². The summed E-state index contributed by atoms with van der Waals surface area (Å²) in [5.74, 6) is -2.05. The molecule has 2 N–H and O–H groups in total. The number of carboxylic acid groups (broad SMARTS) is 1. The summed E-state index contributed by atoms with van der Waals surface area (Å²) >= 11 is 0.601. The van der Waals surface area contributed by atoms with Gasteiger partial charge < -0.3 is 9.84 Å². The van der Waals surface area contributed by atoms with Gasteiger partial charge in [0.05, 0.1) is 16.9 Å². The van der Waals surface area contributed by atoms with Gasteiger partial charge in [0.2, 0.25) is 0 Å². The lowest BCUT2D eigenvalue weighted by Gasteiger charge is -2.15. The molecule has 0 aromatic heterocycles. The normalized spacial score (nSPS) is 15.5. The molecule has 1 aliphatic rings. The average molecular weight is 423 g/mol. The van der Waals surface area contributed by atoms with E-state index in [-0.39, 0.29) is 22.6 Å². The van der Waals surface area contributed by atoms with Gasteiger partial charge in [-0.05, 0) is 53.2 Å². The Labute approximate surface area is 166 Å². The number of nitrogens with one attached hydrogen (secondary N) is 1. The van der Waals surface area contributed by atoms with Crippen LogP contribution in [-0.4, -0.2) is 22.2 Å². The molecule has 10 heteroatoms. The van der Waals surface area contributed by atoms with E-state index in [1.165, 1.54) is 36.4 Å². The number of imide groups is 1. The number of carboxylic acids is 1. The summed E-state index contributed by atoms with van der Waals surface area (Å²) < 4.78 is 45.8. The summed E-state index contributed by atoms with van der Waals surface area (Å²) in [4.78, 5) is 33.4. The van der Waals surface area contributed by atoms with Gasteiger partial charge in [0, 0.05) is 0 Å². The van der Waals surface area contributed by atoms with Crippen molar-refractivity contribution in [1.82, 2.24) is 5.32 Å². The number of alkyl halides is 3. The molecule has 0 aliphatic carbocycles. The minimum absolute atomic E-state index is 0.00851. The molecular formula is C19H12F3NO5S. The van der Waals surface area contributed by atoms with E-state index in [9.17, 15) is 27.6 Å². The highest BCUT2D eigenvalue weighted by atomic mass is 32.2. The lowest BCUT2D eigenvalue weighted by molar-refractivity contribution is -0.138. The fourth-order valence-electron chi connectivity index (χ4n) is 2.50. The van der Waals surface area contributed by atoms with E-state index in [4.69, 9.17) is 9.84 Å². The molecule has 0 unspecified atom stereocenters. The van der Waals surface area contributed by atoms with E-state index in [1.807, 2.05) is 5.32 Å². The van der Waals surface area contributed by atoms with Crippen LogP contribution >= 0.6 is 11.8 Å². The van der Waals surface area contributed by atoms with E-state index >= 15 is 0 Å². The fourth-order valence-corrected chi connectivity index (χ4v) is 3.18. The fraction of sp³-hybridized carbons (Fsp3) is 0.105. The Morgan fingerprint density at radius 2 is 1.83 bits per heavy atom. The van der Waals surface area contributed by atoms with E-state index in [0.717, 1.165) is 12.1 Å². The number of carbonyl (C=O) groups is 3. The SMILES string of the molecule is O=C(O)Cc1ccc(Oc2ccc(C=C3SC(=O)NC3=O)cc2C(F)(F)F)cc1. The monoisotopic (exact) mass is 423 g/mol. The van der Waals surface area contributed by atoms with Crippen LogP contribution < -0.4 is 10.1 Å². The zero-order valence-corrected chi connectivity index (χ0v) is 15.3. The number of hydrogen-bond donors (Lipinski definition) is 2. The van der Waals surface area contributed by atoms with Crippen LogP contribution in [-0.2, 0) is 22.2 Å². The molecule has 29 heavy (non-hydrogen) atoms. The van der Waals surface area contributed by atoms with Crippen LogP contribution in [0.4, 0.5) is 18.0 Å². The molecule has 0 spiro atoms. The molecule has 150 valence electrons. The Bertz CT molecular complexity index is 1020. The number of hydrogen-bond acceptors (Lipinski definition) is 5. The van der Waals surface area contributed by atoms with Crippen LogP contribution in [0.2, 0.25) is 0 Å². The molecule has 0 radical (unpaired) electrons. The van der Waals surface area contributed by atoms with E-state index in [0.29, 0.717) is 17.3 Å². The van der Waals surface area contributed by atoms with Crippen molar-refractivity contribution in [2.24, 2.45) is 0 Å². The molecule has 0 bridgehead atoms. The second kappa shape index (κ2) is 8.00. The number of aliphatic carboxylic acids is 1. The molecule has 6 nitrogen and oxygen atoms in total. The second-order valence-corrected chi connectivity index (χ2v) is 6.94. The highest BCUT2D eigenvalue weighted by Gasteiger charge is 2.35. The van der Waals surface area contributed by atoms with Gasteiger partial charge in [-0.3, -0.25) is 19.7 Å². The van der Waals surface area contributed by atoms with E-state index in [1.54, 1.807) is 0 Å². The van der Waals surface area contributed by atoms with Crippen molar-refractivity contribution in [3.8, 4) is 11.5 Å². The highest BCUT2D eigenvalue weighted by molar-refractivity contribution is 8.18. The number of rotatable bonds is 5. The quantitative estimate of drug-likeness (QED) is 0.691. The van der Waals surface area contributed by atoms with E-state index < -0.39 is 34.6 Å². The third-order valence-electron chi connectivity index (χ3n) is 3.76. The maximum Gasteiger partial charge on any atom is 0.420 e. The minimum Gasteiger partial charge on any atom is -0.481 e. The third kappa shape index (κ3) is 5.17.